The lowest BCUT2D eigenvalue weighted by Crippen LogP contribution is -2.46. The molecule has 0 saturated carbocycles. The van der Waals surface area contributed by atoms with Crippen LogP contribution in [-0.4, -0.2) is 65.2 Å². The third kappa shape index (κ3) is 6.16. The van der Waals surface area contributed by atoms with E-state index in [4.69, 9.17) is 10.2 Å². The van der Waals surface area contributed by atoms with Crippen LogP contribution in [0.5, 0.6) is 0 Å². The first-order chi connectivity index (χ1) is 14.8. The second-order valence-electron chi connectivity index (χ2n) is 7.44. The lowest BCUT2D eigenvalue weighted by atomic mass is 9.96. The first-order valence-electron chi connectivity index (χ1n) is 9.96. The van der Waals surface area contributed by atoms with Crippen LogP contribution in [0.3, 0.4) is 0 Å². The van der Waals surface area contributed by atoms with Gasteiger partial charge in [-0.3, -0.25) is 4.90 Å². The number of carbonyl (C=O) groups is 2. The Labute approximate surface area is 185 Å². The van der Waals surface area contributed by atoms with Crippen LogP contribution >= 0.6 is 11.8 Å². The molecule has 2 aliphatic heterocycles. The van der Waals surface area contributed by atoms with Crippen LogP contribution in [0.2, 0.25) is 0 Å². The number of rotatable bonds is 3. The van der Waals surface area contributed by atoms with E-state index in [1.165, 1.54) is 10.5 Å². The Morgan fingerprint density at radius 3 is 2.29 bits per heavy atom. The van der Waals surface area contributed by atoms with Crippen molar-refractivity contribution in [1.82, 2.24) is 9.80 Å². The average Bonchev–Trinajstić information content (AvgIpc) is 2.91. The van der Waals surface area contributed by atoms with Gasteiger partial charge < -0.3 is 15.1 Å². The van der Waals surface area contributed by atoms with Crippen LogP contribution in [0.15, 0.2) is 64.4 Å². The molecule has 2 N–H and O–H groups in total. The summed E-state index contributed by atoms with van der Waals surface area (Å²) in [6.45, 7) is 4.25. The fourth-order valence-electron chi connectivity index (χ4n) is 3.70. The summed E-state index contributed by atoms with van der Waals surface area (Å²) in [5, 5.41) is 15.6. The van der Waals surface area contributed by atoms with Crippen LogP contribution in [0.25, 0.3) is 0 Å². The molecule has 4 rings (SSSR count). The van der Waals surface area contributed by atoms with Crippen molar-refractivity contribution < 1.29 is 24.2 Å². The van der Waals surface area contributed by atoms with E-state index in [2.05, 4.69) is 41.1 Å². The zero-order valence-corrected chi connectivity index (χ0v) is 18.0. The molecule has 0 aromatic heterocycles. The first kappa shape index (κ1) is 23.0. The van der Waals surface area contributed by atoms with Crippen LogP contribution in [0.4, 0.5) is 4.39 Å². The number of carboxylic acids is 2. The molecule has 6 nitrogen and oxygen atoms in total. The predicted molar refractivity (Wildman–Crippen MR) is 117 cm³/mol. The normalized spacial score (nSPS) is 19.0. The Bertz CT molecular complexity index is 958. The number of likely N-dealkylation sites (N-methyl/N-ethyl adjacent to an activating group) is 1. The van der Waals surface area contributed by atoms with Gasteiger partial charge in [0.05, 0.1) is 4.90 Å². The summed E-state index contributed by atoms with van der Waals surface area (Å²) >= 11 is 1.59. The number of hydrogen-bond acceptors (Lipinski definition) is 5. The number of benzene rings is 2. The Balaban J connectivity index is 0.000000293. The molecule has 31 heavy (non-hydrogen) atoms. The maximum atomic E-state index is 14.5. The number of piperazine rings is 1. The summed E-state index contributed by atoms with van der Waals surface area (Å²) in [7, 11) is 2.17. The van der Waals surface area contributed by atoms with E-state index in [0.717, 1.165) is 43.1 Å². The molecule has 0 spiro atoms. The summed E-state index contributed by atoms with van der Waals surface area (Å²) in [6.07, 6.45) is 2.08. The highest BCUT2D eigenvalue weighted by Gasteiger charge is 2.30. The number of hydrogen-bond donors (Lipinski definition) is 2. The smallest absolute Gasteiger partial charge is 0.328 e. The molecule has 0 aliphatic carbocycles. The van der Waals surface area contributed by atoms with Crippen molar-refractivity contribution in [2.24, 2.45) is 0 Å². The quantitative estimate of drug-likeness (QED) is 0.701. The van der Waals surface area contributed by atoms with E-state index in [-0.39, 0.29) is 11.9 Å². The lowest BCUT2D eigenvalue weighted by molar-refractivity contribution is -0.134. The molecule has 1 atom stereocenters. The minimum atomic E-state index is -1.26. The van der Waals surface area contributed by atoms with Gasteiger partial charge in [0, 0.05) is 49.3 Å². The second kappa shape index (κ2) is 10.6. The fraction of sp³-hybridized carbons (Fsp3) is 0.304. The predicted octanol–water partition coefficient (Wildman–Crippen LogP) is 3.53. The molecule has 2 heterocycles. The largest absolute Gasteiger partial charge is 0.478 e. The number of fused-ring (bicyclic) bond motifs is 2. The third-order valence-electron chi connectivity index (χ3n) is 5.30. The van der Waals surface area contributed by atoms with Gasteiger partial charge in [-0.05, 0) is 36.7 Å². The maximum absolute atomic E-state index is 14.5. The van der Waals surface area contributed by atoms with Crippen LogP contribution in [0, 0.1) is 5.82 Å². The monoisotopic (exact) mass is 444 g/mol. The molecule has 0 radical (unpaired) electrons. The van der Waals surface area contributed by atoms with Crippen LogP contribution in [-0.2, 0) is 16.0 Å². The SMILES string of the molecule is CN1CCN(C2Cc3ccccc3Sc3c(F)cccc32)CC1.O=C(O)/C=C\C(=O)O. The van der Waals surface area contributed by atoms with E-state index < -0.39 is 11.9 Å². The van der Waals surface area contributed by atoms with E-state index in [9.17, 15) is 14.0 Å². The third-order valence-corrected chi connectivity index (χ3v) is 6.55. The lowest BCUT2D eigenvalue weighted by Gasteiger charge is -2.38. The van der Waals surface area contributed by atoms with Crippen molar-refractivity contribution in [3.05, 3.63) is 71.6 Å². The molecule has 8 heteroatoms. The molecular formula is C23H25FN2O4S. The molecule has 2 aliphatic rings. The first-order valence-corrected chi connectivity index (χ1v) is 10.8. The summed E-state index contributed by atoms with van der Waals surface area (Å²) in [5.74, 6) is -2.61. The molecule has 1 fully saturated rings. The maximum Gasteiger partial charge on any atom is 0.328 e. The standard InChI is InChI=1S/C19H21FN2S.C4H4O4/c1-21-9-11-22(12-10-21)17-13-14-5-2-3-8-18(14)23-19-15(17)6-4-7-16(19)20;5-3(6)1-2-4(7)8/h2-8,17H,9-13H2,1H3;1-2H,(H,5,6)(H,7,8)/b;2-1-. The molecule has 2 aromatic carbocycles. The molecule has 1 unspecified atom stereocenters. The van der Waals surface area contributed by atoms with Crippen molar-refractivity contribution in [3.63, 3.8) is 0 Å². The number of halogens is 1. The van der Waals surface area contributed by atoms with E-state index in [1.807, 2.05) is 12.1 Å². The number of carboxylic acid groups (broad SMARTS) is 2. The van der Waals surface area contributed by atoms with Gasteiger partial charge >= 0.3 is 11.9 Å². The van der Waals surface area contributed by atoms with Crippen molar-refractivity contribution in [1.29, 1.82) is 0 Å². The van der Waals surface area contributed by atoms with Crippen molar-refractivity contribution in [2.45, 2.75) is 22.3 Å². The summed E-state index contributed by atoms with van der Waals surface area (Å²) in [6, 6.07) is 14.3. The highest BCUT2D eigenvalue weighted by molar-refractivity contribution is 7.99. The van der Waals surface area contributed by atoms with Gasteiger partial charge in [0.15, 0.2) is 0 Å². The van der Waals surface area contributed by atoms with Gasteiger partial charge in [-0.2, -0.15) is 0 Å². The summed E-state index contributed by atoms with van der Waals surface area (Å²) in [4.78, 5) is 26.0. The minimum absolute atomic E-state index is 0.0941. The van der Waals surface area contributed by atoms with Gasteiger partial charge in [0.2, 0.25) is 0 Å². The molecule has 0 amide bonds. The van der Waals surface area contributed by atoms with Gasteiger partial charge in [-0.1, -0.05) is 42.1 Å². The highest BCUT2D eigenvalue weighted by Crippen LogP contribution is 2.43. The zero-order valence-electron chi connectivity index (χ0n) is 17.2. The van der Waals surface area contributed by atoms with Gasteiger partial charge in [0.1, 0.15) is 5.82 Å². The van der Waals surface area contributed by atoms with Crippen LogP contribution < -0.4 is 0 Å². The molecular weight excluding hydrogens is 419 g/mol. The van der Waals surface area contributed by atoms with E-state index in [1.54, 1.807) is 17.8 Å². The van der Waals surface area contributed by atoms with E-state index in [0.29, 0.717) is 12.2 Å². The molecule has 164 valence electrons. The Hall–Kier alpha value is -2.68. The molecule has 2 aromatic rings. The van der Waals surface area contributed by atoms with Crippen molar-refractivity contribution in [3.8, 4) is 0 Å². The summed E-state index contributed by atoms with van der Waals surface area (Å²) in [5.41, 5.74) is 2.48. The minimum Gasteiger partial charge on any atom is -0.478 e. The molecule has 0 bridgehead atoms. The highest BCUT2D eigenvalue weighted by atomic mass is 32.2. The number of aliphatic carboxylic acids is 2. The zero-order chi connectivity index (χ0) is 22.4. The Kier molecular flexibility index (Phi) is 7.84. The summed E-state index contributed by atoms with van der Waals surface area (Å²) < 4.78 is 14.5. The van der Waals surface area contributed by atoms with Crippen molar-refractivity contribution >= 4 is 23.7 Å². The Morgan fingerprint density at radius 2 is 1.65 bits per heavy atom. The molecule has 1 saturated heterocycles. The second-order valence-corrected chi connectivity index (χ2v) is 8.49. The van der Waals surface area contributed by atoms with E-state index >= 15 is 0 Å². The average molecular weight is 445 g/mol. The fourth-order valence-corrected chi connectivity index (χ4v) is 4.83. The van der Waals surface area contributed by atoms with Gasteiger partial charge in [-0.15, -0.1) is 0 Å². The number of nitrogens with zero attached hydrogens (tertiary/aromatic N) is 2. The Morgan fingerprint density at radius 1 is 1.00 bits per heavy atom. The van der Waals surface area contributed by atoms with Crippen molar-refractivity contribution in [2.75, 3.05) is 33.2 Å². The van der Waals surface area contributed by atoms with Gasteiger partial charge in [0.25, 0.3) is 0 Å². The topological polar surface area (TPSA) is 81.1 Å². The van der Waals surface area contributed by atoms with Crippen LogP contribution in [0.1, 0.15) is 17.2 Å². The van der Waals surface area contributed by atoms with Gasteiger partial charge in [-0.25, -0.2) is 14.0 Å².